The van der Waals surface area contributed by atoms with Crippen LogP contribution in [-0.2, 0) is 9.53 Å². The van der Waals surface area contributed by atoms with Gasteiger partial charge in [0.15, 0.2) is 0 Å². The third-order valence-electron chi connectivity index (χ3n) is 2.78. The number of alkyl carbamates (subject to hydrolysis) is 1. The number of hydrogen-bond acceptors (Lipinski definition) is 3. The van der Waals surface area contributed by atoms with Gasteiger partial charge in [0, 0.05) is 0 Å². The zero-order valence-electron chi connectivity index (χ0n) is 10.7. The molecule has 0 radical (unpaired) electrons. The van der Waals surface area contributed by atoms with Crippen LogP contribution in [0.15, 0.2) is 0 Å². The Kier molecular flexibility index (Phi) is 4.37. The van der Waals surface area contributed by atoms with Crippen LogP contribution in [-0.4, -0.2) is 28.8 Å². The number of ether oxygens (including phenoxy) is 1. The monoisotopic (exact) mass is 243 g/mol. The van der Waals surface area contributed by atoms with Crippen molar-refractivity contribution in [3.05, 3.63) is 0 Å². The number of rotatable bonds is 4. The summed E-state index contributed by atoms with van der Waals surface area (Å²) in [6.07, 6.45) is 3.10. The van der Waals surface area contributed by atoms with Crippen molar-refractivity contribution in [2.45, 2.75) is 58.1 Å². The molecule has 1 aliphatic carbocycles. The number of aliphatic carboxylic acids is 1. The molecule has 0 aromatic carbocycles. The summed E-state index contributed by atoms with van der Waals surface area (Å²) in [7, 11) is 0. The second-order valence-electron chi connectivity index (χ2n) is 5.57. The van der Waals surface area contributed by atoms with E-state index in [0.717, 1.165) is 19.3 Å². The third-order valence-corrected chi connectivity index (χ3v) is 2.78. The average molecular weight is 243 g/mol. The molecule has 1 amide bonds. The second-order valence-corrected chi connectivity index (χ2v) is 5.57. The summed E-state index contributed by atoms with van der Waals surface area (Å²) < 4.78 is 5.04. The van der Waals surface area contributed by atoms with Crippen LogP contribution < -0.4 is 5.32 Å². The maximum atomic E-state index is 11.5. The summed E-state index contributed by atoms with van der Waals surface area (Å²) in [6.45, 7) is 5.23. The highest BCUT2D eigenvalue weighted by atomic mass is 16.6. The Morgan fingerprint density at radius 3 is 2.35 bits per heavy atom. The van der Waals surface area contributed by atoms with E-state index in [1.165, 1.54) is 0 Å². The molecule has 1 aliphatic rings. The van der Waals surface area contributed by atoms with Gasteiger partial charge in [-0.1, -0.05) is 19.3 Å². The predicted octanol–water partition coefficient (Wildman–Crippen LogP) is 2.15. The van der Waals surface area contributed by atoms with E-state index in [0.29, 0.717) is 12.3 Å². The first-order chi connectivity index (χ1) is 7.78. The number of carbonyl (C=O) groups excluding carboxylic acids is 1. The van der Waals surface area contributed by atoms with Gasteiger partial charge >= 0.3 is 12.1 Å². The molecule has 0 aromatic heterocycles. The molecule has 1 saturated carbocycles. The van der Waals surface area contributed by atoms with Gasteiger partial charge in [-0.05, 0) is 33.1 Å². The topological polar surface area (TPSA) is 75.6 Å². The van der Waals surface area contributed by atoms with Crippen LogP contribution in [0, 0.1) is 5.92 Å². The largest absolute Gasteiger partial charge is 0.480 e. The number of hydrogen-bond donors (Lipinski definition) is 2. The lowest BCUT2D eigenvalue weighted by Crippen LogP contribution is -2.45. The summed E-state index contributed by atoms with van der Waals surface area (Å²) in [5.74, 6) is -0.575. The normalized spacial score (nSPS) is 18.1. The van der Waals surface area contributed by atoms with Gasteiger partial charge in [-0.25, -0.2) is 9.59 Å². The molecule has 5 nitrogen and oxygen atoms in total. The molecule has 2 N–H and O–H groups in total. The molecular weight excluding hydrogens is 222 g/mol. The molecule has 98 valence electrons. The first-order valence-corrected chi connectivity index (χ1v) is 6.00. The first-order valence-electron chi connectivity index (χ1n) is 6.00. The number of amides is 1. The average Bonchev–Trinajstić information content (AvgIpc) is 2.05. The molecule has 0 spiro atoms. The maximum absolute atomic E-state index is 11.5. The minimum absolute atomic E-state index is 0.422. The standard InChI is InChI=1S/C12H21NO4/c1-12(2,3)17-11(16)13-9(10(14)15)7-8-5-4-6-8/h8-9H,4-7H2,1-3H3,(H,13,16)(H,14,15)/t9-/m1/s1. The van der Waals surface area contributed by atoms with Crippen molar-refractivity contribution in [1.82, 2.24) is 5.32 Å². The van der Waals surface area contributed by atoms with E-state index in [1.807, 2.05) is 0 Å². The summed E-state index contributed by atoms with van der Waals surface area (Å²) in [5.41, 5.74) is -0.608. The van der Waals surface area contributed by atoms with Crippen molar-refractivity contribution in [2.24, 2.45) is 5.92 Å². The van der Waals surface area contributed by atoms with Crippen molar-refractivity contribution in [1.29, 1.82) is 0 Å². The van der Waals surface area contributed by atoms with E-state index >= 15 is 0 Å². The summed E-state index contributed by atoms with van der Waals surface area (Å²) in [6, 6.07) is -0.838. The van der Waals surface area contributed by atoms with E-state index < -0.39 is 23.7 Å². The molecule has 0 heterocycles. The van der Waals surface area contributed by atoms with E-state index in [9.17, 15) is 9.59 Å². The SMILES string of the molecule is CC(C)(C)OC(=O)N[C@H](CC1CCC1)C(=O)O. The molecule has 1 atom stereocenters. The molecule has 0 bridgehead atoms. The fourth-order valence-corrected chi connectivity index (χ4v) is 1.73. The molecule has 0 aromatic rings. The molecule has 17 heavy (non-hydrogen) atoms. The van der Waals surface area contributed by atoms with E-state index in [4.69, 9.17) is 9.84 Å². The lowest BCUT2D eigenvalue weighted by Gasteiger charge is -2.29. The van der Waals surface area contributed by atoms with Gasteiger partial charge in [-0.2, -0.15) is 0 Å². The minimum atomic E-state index is -0.997. The Balaban J connectivity index is 2.42. The van der Waals surface area contributed by atoms with Gasteiger partial charge < -0.3 is 15.2 Å². The highest BCUT2D eigenvalue weighted by molar-refractivity contribution is 5.80. The summed E-state index contributed by atoms with van der Waals surface area (Å²) in [4.78, 5) is 22.5. The zero-order chi connectivity index (χ0) is 13.1. The van der Waals surface area contributed by atoms with Crippen molar-refractivity contribution in [3.8, 4) is 0 Å². The van der Waals surface area contributed by atoms with Crippen molar-refractivity contribution in [2.75, 3.05) is 0 Å². The van der Waals surface area contributed by atoms with Crippen LogP contribution in [0.25, 0.3) is 0 Å². The van der Waals surface area contributed by atoms with E-state index in [-0.39, 0.29) is 0 Å². The van der Waals surface area contributed by atoms with Crippen LogP contribution in [0.2, 0.25) is 0 Å². The molecule has 0 aliphatic heterocycles. The summed E-state index contributed by atoms with van der Waals surface area (Å²) in [5, 5.41) is 11.4. The number of carbonyl (C=O) groups is 2. The van der Waals surface area contributed by atoms with Crippen LogP contribution in [0.3, 0.4) is 0 Å². The van der Waals surface area contributed by atoms with Crippen LogP contribution in [0.5, 0.6) is 0 Å². The van der Waals surface area contributed by atoms with Gasteiger partial charge in [-0.3, -0.25) is 0 Å². The third kappa shape index (κ3) is 5.06. The Morgan fingerprint density at radius 1 is 1.41 bits per heavy atom. The first kappa shape index (κ1) is 13.8. The van der Waals surface area contributed by atoms with Crippen LogP contribution in [0.1, 0.15) is 46.5 Å². The highest BCUT2D eigenvalue weighted by Gasteiger charge is 2.29. The molecule has 0 unspecified atom stereocenters. The second kappa shape index (κ2) is 5.38. The lowest BCUT2D eigenvalue weighted by molar-refractivity contribution is -0.140. The van der Waals surface area contributed by atoms with Crippen molar-refractivity contribution in [3.63, 3.8) is 0 Å². The minimum Gasteiger partial charge on any atom is -0.480 e. The zero-order valence-corrected chi connectivity index (χ0v) is 10.7. The smallest absolute Gasteiger partial charge is 0.408 e. The fourth-order valence-electron chi connectivity index (χ4n) is 1.73. The van der Waals surface area contributed by atoms with Crippen molar-refractivity contribution >= 4 is 12.1 Å². The Morgan fingerprint density at radius 2 is 2.00 bits per heavy atom. The fraction of sp³-hybridized carbons (Fsp3) is 0.833. The van der Waals surface area contributed by atoms with Crippen LogP contribution >= 0.6 is 0 Å². The lowest BCUT2D eigenvalue weighted by atomic mass is 9.81. The molecular formula is C12H21NO4. The van der Waals surface area contributed by atoms with Crippen LogP contribution in [0.4, 0.5) is 4.79 Å². The number of carboxylic acids is 1. The van der Waals surface area contributed by atoms with Gasteiger partial charge in [0.2, 0.25) is 0 Å². The Bertz CT molecular complexity index is 291. The van der Waals surface area contributed by atoms with Gasteiger partial charge in [-0.15, -0.1) is 0 Å². The Hall–Kier alpha value is -1.26. The van der Waals surface area contributed by atoms with Gasteiger partial charge in [0.25, 0.3) is 0 Å². The van der Waals surface area contributed by atoms with Gasteiger partial charge in [0.1, 0.15) is 11.6 Å². The molecule has 5 heteroatoms. The number of carboxylic acid groups (broad SMARTS) is 1. The maximum Gasteiger partial charge on any atom is 0.408 e. The van der Waals surface area contributed by atoms with E-state index in [2.05, 4.69) is 5.32 Å². The van der Waals surface area contributed by atoms with Gasteiger partial charge in [0.05, 0.1) is 0 Å². The molecule has 0 saturated heterocycles. The number of nitrogens with one attached hydrogen (secondary N) is 1. The molecule has 1 rings (SSSR count). The Labute approximate surface area is 102 Å². The van der Waals surface area contributed by atoms with E-state index in [1.54, 1.807) is 20.8 Å². The predicted molar refractivity (Wildman–Crippen MR) is 62.8 cm³/mol. The quantitative estimate of drug-likeness (QED) is 0.793. The van der Waals surface area contributed by atoms with Crippen molar-refractivity contribution < 1.29 is 19.4 Å². The summed E-state index contributed by atoms with van der Waals surface area (Å²) >= 11 is 0. The highest BCUT2D eigenvalue weighted by Crippen LogP contribution is 2.30. The molecule has 1 fully saturated rings.